The Morgan fingerprint density at radius 1 is 1.28 bits per heavy atom. The molecule has 8 nitrogen and oxygen atoms in total. The van der Waals surface area contributed by atoms with E-state index in [0.29, 0.717) is 5.56 Å². The fourth-order valence-corrected chi connectivity index (χ4v) is 3.61. The van der Waals surface area contributed by atoms with Gasteiger partial charge in [-0.1, -0.05) is 24.3 Å². The molecule has 4 atom stereocenters. The van der Waals surface area contributed by atoms with E-state index in [1.165, 1.54) is 19.2 Å². The molecule has 0 aromatic heterocycles. The number of hydrogen-bond donors (Lipinski definition) is 1. The first-order valence-electron chi connectivity index (χ1n) is 7.93. The van der Waals surface area contributed by atoms with Gasteiger partial charge in [-0.2, -0.15) is 0 Å². The number of nitrogens with one attached hydrogen (secondary N) is 1. The molecule has 0 aliphatic heterocycles. The van der Waals surface area contributed by atoms with Crippen LogP contribution in [0.25, 0.3) is 0 Å². The quantitative estimate of drug-likeness (QED) is 0.379. The Balaban J connectivity index is 1.62. The Kier molecular flexibility index (Phi) is 4.69. The summed E-state index contributed by atoms with van der Waals surface area (Å²) in [6.07, 6.45) is 4.03. The van der Waals surface area contributed by atoms with Crippen LogP contribution in [0.4, 0.5) is 10.5 Å². The molecule has 1 fully saturated rings. The molecule has 0 saturated heterocycles. The summed E-state index contributed by atoms with van der Waals surface area (Å²) < 4.78 is 9.95. The minimum Gasteiger partial charge on any atom is -0.469 e. The van der Waals surface area contributed by atoms with Crippen LogP contribution in [0.15, 0.2) is 36.4 Å². The molecule has 3 rings (SSSR count). The number of carbonyl (C=O) groups is 2. The van der Waals surface area contributed by atoms with Crippen LogP contribution in [-0.4, -0.2) is 30.1 Å². The summed E-state index contributed by atoms with van der Waals surface area (Å²) in [4.78, 5) is 34.5. The van der Waals surface area contributed by atoms with Crippen LogP contribution < -0.4 is 5.32 Å². The van der Waals surface area contributed by atoms with E-state index in [4.69, 9.17) is 9.47 Å². The van der Waals surface area contributed by atoms with Gasteiger partial charge in [-0.05, 0) is 24.3 Å². The second-order valence-electron chi connectivity index (χ2n) is 6.13. The van der Waals surface area contributed by atoms with E-state index in [-0.39, 0.29) is 36.1 Å². The Bertz CT molecular complexity index is 732. The summed E-state index contributed by atoms with van der Waals surface area (Å²) in [6, 6.07) is 5.68. The lowest BCUT2D eigenvalue weighted by Gasteiger charge is -2.26. The molecule has 0 spiro atoms. The highest BCUT2D eigenvalue weighted by molar-refractivity contribution is 5.77. The average molecular weight is 346 g/mol. The molecule has 1 aromatic rings. The van der Waals surface area contributed by atoms with E-state index in [2.05, 4.69) is 5.32 Å². The number of esters is 1. The number of allylic oxidation sites excluding steroid dienone is 1. The molecule has 0 heterocycles. The summed E-state index contributed by atoms with van der Waals surface area (Å²) in [6.45, 7) is -0.220. The highest BCUT2D eigenvalue weighted by Gasteiger charge is 2.49. The number of benzene rings is 1. The summed E-state index contributed by atoms with van der Waals surface area (Å²) >= 11 is 0. The third-order valence-corrected chi connectivity index (χ3v) is 4.76. The van der Waals surface area contributed by atoms with Gasteiger partial charge in [0.05, 0.1) is 29.6 Å². The van der Waals surface area contributed by atoms with E-state index >= 15 is 0 Å². The molecule has 0 unspecified atom stereocenters. The summed E-state index contributed by atoms with van der Waals surface area (Å²) in [5.74, 6) is -0.676. The van der Waals surface area contributed by atoms with Crippen molar-refractivity contribution in [1.29, 1.82) is 0 Å². The number of amides is 1. The smallest absolute Gasteiger partial charge is 0.407 e. The first-order chi connectivity index (χ1) is 12.0. The highest BCUT2D eigenvalue weighted by atomic mass is 16.6. The van der Waals surface area contributed by atoms with Gasteiger partial charge in [0.2, 0.25) is 0 Å². The number of nitrogens with zero attached hydrogens (tertiary/aromatic N) is 1. The molecule has 1 saturated carbocycles. The molecule has 1 amide bonds. The number of ether oxygens (including phenoxy) is 2. The largest absolute Gasteiger partial charge is 0.469 e. The lowest BCUT2D eigenvalue weighted by atomic mass is 9.89. The zero-order valence-corrected chi connectivity index (χ0v) is 13.6. The maximum Gasteiger partial charge on any atom is 0.407 e. The van der Waals surface area contributed by atoms with Crippen LogP contribution in [0.1, 0.15) is 12.0 Å². The lowest BCUT2D eigenvalue weighted by Crippen LogP contribution is -2.46. The maximum absolute atomic E-state index is 12.1. The number of para-hydroxylation sites is 1. The van der Waals surface area contributed by atoms with Gasteiger partial charge in [0.1, 0.15) is 6.61 Å². The first kappa shape index (κ1) is 16.9. The number of nitro benzene ring substituents is 1. The predicted molar refractivity (Wildman–Crippen MR) is 86.4 cm³/mol. The number of nitro groups is 1. The molecule has 132 valence electrons. The van der Waals surface area contributed by atoms with E-state index < -0.39 is 16.9 Å². The molecular formula is C17H18N2O6. The van der Waals surface area contributed by atoms with E-state index in [0.717, 1.165) is 6.42 Å². The zero-order chi connectivity index (χ0) is 18.0. The Hall–Kier alpha value is -2.90. The molecule has 25 heavy (non-hydrogen) atoms. The SMILES string of the molecule is COC(=O)[C@@H]1[C@H](NC(=O)OCc2ccccc2[N+](=O)[O-])[C@H]2C=C[C@@H]1C2. The van der Waals surface area contributed by atoms with Crippen molar-refractivity contribution in [2.45, 2.75) is 19.1 Å². The number of methoxy groups -OCH3 is 1. The van der Waals surface area contributed by atoms with Crippen molar-refractivity contribution in [1.82, 2.24) is 5.32 Å². The van der Waals surface area contributed by atoms with Crippen LogP contribution in [0, 0.1) is 27.9 Å². The van der Waals surface area contributed by atoms with Gasteiger partial charge in [0.15, 0.2) is 0 Å². The number of alkyl carbamates (subject to hydrolysis) is 1. The van der Waals surface area contributed by atoms with Crippen LogP contribution in [0.2, 0.25) is 0 Å². The van der Waals surface area contributed by atoms with E-state index in [1.54, 1.807) is 12.1 Å². The van der Waals surface area contributed by atoms with E-state index in [1.807, 2.05) is 12.2 Å². The molecule has 0 radical (unpaired) electrons. The maximum atomic E-state index is 12.1. The fraction of sp³-hybridized carbons (Fsp3) is 0.412. The van der Waals surface area contributed by atoms with Crippen molar-refractivity contribution in [2.75, 3.05) is 7.11 Å². The molecule has 1 N–H and O–H groups in total. The lowest BCUT2D eigenvalue weighted by molar-refractivity contribution is -0.385. The second kappa shape index (κ2) is 6.92. The standard InChI is InChI=1S/C17H18N2O6/c1-24-16(20)14-10-6-7-11(8-10)15(14)18-17(21)25-9-12-4-2-3-5-13(12)19(22)23/h2-7,10-11,14-15H,8-9H2,1H3,(H,18,21)/t10-,11+,14+,15-/m1/s1. The minimum atomic E-state index is -0.710. The van der Waals surface area contributed by atoms with Gasteiger partial charge in [0.25, 0.3) is 5.69 Å². The van der Waals surface area contributed by atoms with Crippen molar-refractivity contribution in [3.8, 4) is 0 Å². The van der Waals surface area contributed by atoms with Crippen LogP contribution in [0.3, 0.4) is 0 Å². The van der Waals surface area contributed by atoms with Gasteiger partial charge < -0.3 is 14.8 Å². The van der Waals surface area contributed by atoms with Gasteiger partial charge in [-0.15, -0.1) is 0 Å². The molecular weight excluding hydrogens is 328 g/mol. The van der Waals surface area contributed by atoms with Crippen LogP contribution in [0.5, 0.6) is 0 Å². The van der Waals surface area contributed by atoms with Gasteiger partial charge >= 0.3 is 12.1 Å². The predicted octanol–water partition coefficient (Wildman–Crippen LogP) is 2.18. The zero-order valence-electron chi connectivity index (χ0n) is 13.6. The number of fused-ring (bicyclic) bond motifs is 2. The fourth-order valence-electron chi connectivity index (χ4n) is 3.61. The molecule has 8 heteroatoms. The van der Waals surface area contributed by atoms with E-state index in [9.17, 15) is 19.7 Å². The molecule has 2 bridgehead atoms. The normalized spacial score (nSPS) is 26.3. The number of carbonyl (C=O) groups excluding carboxylic acids is 2. The monoisotopic (exact) mass is 346 g/mol. The first-order valence-corrected chi connectivity index (χ1v) is 7.93. The molecule has 2 aliphatic rings. The van der Waals surface area contributed by atoms with Crippen molar-refractivity contribution in [3.05, 3.63) is 52.1 Å². The Morgan fingerprint density at radius 2 is 2.00 bits per heavy atom. The van der Waals surface area contributed by atoms with Crippen molar-refractivity contribution < 1.29 is 24.0 Å². The average Bonchev–Trinajstić information content (AvgIpc) is 3.21. The molecule has 1 aromatic carbocycles. The third kappa shape index (κ3) is 3.33. The van der Waals surface area contributed by atoms with Crippen molar-refractivity contribution >= 4 is 17.7 Å². The van der Waals surface area contributed by atoms with Gasteiger partial charge in [-0.3, -0.25) is 14.9 Å². The minimum absolute atomic E-state index is 0.0537. The highest BCUT2D eigenvalue weighted by Crippen LogP contribution is 2.44. The van der Waals surface area contributed by atoms with Crippen molar-refractivity contribution in [3.63, 3.8) is 0 Å². The number of hydrogen-bond acceptors (Lipinski definition) is 6. The number of rotatable bonds is 5. The second-order valence-corrected chi connectivity index (χ2v) is 6.13. The summed E-state index contributed by atoms with van der Waals surface area (Å²) in [7, 11) is 1.32. The van der Waals surface area contributed by atoms with Crippen LogP contribution in [-0.2, 0) is 20.9 Å². The molecule has 2 aliphatic carbocycles. The summed E-state index contributed by atoms with van der Waals surface area (Å²) in [5, 5.41) is 13.7. The van der Waals surface area contributed by atoms with Gasteiger partial charge in [-0.25, -0.2) is 4.79 Å². The Labute approximate surface area is 143 Å². The summed E-state index contributed by atoms with van der Waals surface area (Å²) in [5.41, 5.74) is 0.200. The van der Waals surface area contributed by atoms with Crippen molar-refractivity contribution in [2.24, 2.45) is 17.8 Å². The van der Waals surface area contributed by atoms with Crippen LogP contribution >= 0.6 is 0 Å². The third-order valence-electron chi connectivity index (χ3n) is 4.76. The topological polar surface area (TPSA) is 108 Å². The Morgan fingerprint density at radius 3 is 2.72 bits per heavy atom. The van der Waals surface area contributed by atoms with Gasteiger partial charge in [0, 0.05) is 6.07 Å².